The summed E-state index contributed by atoms with van der Waals surface area (Å²) in [5, 5.41) is 13.9. The van der Waals surface area contributed by atoms with Gasteiger partial charge in [-0.2, -0.15) is 5.26 Å². The van der Waals surface area contributed by atoms with E-state index in [1.54, 1.807) is 31.2 Å². The summed E-state index contributed by atoms with van der Waals surface area (Å²) in [6.07, 6.45) is 0. The van der Waals surface area contributed by atoms with Crippen molar-refractivity contribution in [2.45, 2.75) is 32.9 Å². The molecule has 1 aromatic rings. The maximum absolute atomic E-state index is 11.7. The number of benzene rings is 1. The van der Waals surface area contributed by atoms with Crippen LogP contribution in [0, 0.1) is 11.3 Å². The number of amides is 2. The van der Waals surface area contributed by atoms with Crippen molar-refractivity contribution in [1.82, 2.24) is 10.6 Å². The van der Waals surface area contributed by atoms with Gasteiger partial charge < -0.3 is 15.4 Å². The van der Waals surface area contributed by atoms with Crippen LogP contribution in [0.5, 0.6) is 5.75 Å². The zero-order valence-corrected chi connectivity index (χ0v) is 12.3. The molecular weight excluding hydrogens is 270 g/mol. The minimum atomic E-state index is -0.621. The van der Waals surface area contributed by atoms with Crippen molar-refractivity contribution in [2.75, 3.05) is 6.61 Å². The first-order chi connectivity index (χ1) is 9.92. The molecular formula is C15H19N3O3. The molecule has 6 heteroatoms. The van der Waals surface area contributed by atoms with Crippen LogP contribution in [0.4, 0.5) is 0 Å². The van der Waals surface area contributed by atoms with E-state index in [-0.39, 0.29) is 24.5 Å². The topological polar surface area (TPSA) is 91.2 Å². The maximum Gasteiger partial charge on any atom is 0.258 e. The number of nitrogens with one attached hydrogen (secondary N) is 2. The molecule has 0 heterocycles. The average molecular weight is 289 g/mol. The summed E-state index contributed by atoms with van der Waals surface area (Å²) >= 11 is 0. The van der Waals surface area contributed by atoms with Crippen LogP contribution in [0.15, 0.2) is 24.3 Å². The van der Waals surface area contributed by atoms with Gasteiger partial charge in [-0.05, 0) is 45.0 Å². The Kier molecular flexibility index (Phi) is 6.21. The van der Waals surface area contributed by atoms with Crippen molar-refractivity contribution in [3.05, 3.63) is 29.8 Å². The van der Waals surface area contributed by atoms with Gasteiger partial charge >= 0.3 is 0 Å². The highest BCUT2D eigenvalue weighted by Crippen LogP contribution is 2.11. The van der Waals surface area contributed by atoms with E-state index < -0.39 is 6.04 Å². The summed E-state index contributed by atoms with van der Waals surface area (Å²) in [5.74, 6) is -0.133. The highest BCUT2D eigenvalue weighted by Gasteiger charge is 2.16. The summed E-state index contributed by atoms with van der Waals surface area (Å²) in [7, 11) is 0. The SMILES string of the molecule is CC(C)NC(=O)C(C)NC(=O)COc1ccc(C#N)cc1. The molecule has 1 unspecified atom stereocenters. The summed E-state index contributed by atoms with van der Waals surface area (Å²) in [5.41, 5.74) is 0.519. The van der Waals surface area contributed by atoms with Crippen LogP contribution in [-0.4, -0.2) is 30.5 Å². The molecule has 21 heavy (non-hydrogen) atoms. The summed E-state index contributed by atoms with van der Waals surface area (Å²) in [4.78, 5) is 23.3. The van der Waals surface area contributed by atoms with Gasteiger partial charge in [0.1, 0.15) is 11.8 Å². The van der Waals surface area contributed by atoms with E-state index in [1.807, 2.05) is 19.9 Å². The van der Waals surface area contributed by atoms with Gasteiger partial charge in [0.2, 0.25) is 5.91 Å². The van der Waals surface area contributed by atoms with Gasteiger partial charge in [-0.1, -0.05) is 0 Å². The molecule has 0 radical (unpaired) electrons. The van der Waals surface area contributed by atoms with E-state index in [0.717, 1.165) is 0 Å². The molecule has 0 spiro atoms. The lowest BCUT2D eigenvalue weighted by molar-refractivity contribution is -0.129. The molecule has 1 aromatic carbocycles. The summed E-state index contributed by atoms with van der Waals surface area (Å²) in [6.45, 7) is 5.11. The van der Waals surface area contributed by atoms with E-state index in [2.05, 4.69) is 10.6 Å². The Hall–Kier alpha value is -2.55. The number of carbonyl (C=O) groups is 2. The molecule has 0 aliphatic heterocycles. The highest BCUT2D eigenvalue weighted by atomic mass is 16.5. The second kappa shape index (κ2) is 7.90. The Balaban J connectivity index is 2.39. The van der Waals surface area contributed by atoms with Crippen LogP contribution in [0.1, 0.15) is 26.3 Å². The molecule has 0 aliphatic carbocycles. The lowest BCUT2D eigenvalue weighted by atomic mass is 10.2. The molecule has 1 atom stereocenters. The standard InChI is InChI=1S/C15H19N3O3/c1-10(2)17-15(20)11(3)18-14(19)9-21-13-6-4-12(8-16)5-7-13/h4-7,10-11H,9H2,1-3H3,(H,17,20)(H,18,19). The quantitative estimate of drug-likeness (QED) is 0.816. The van der Waals surface area contributed by atoms with Gasteiger partial charge in [0.15, 0.2) is 6.61 Å². The minimum absolute atomic E-state index is 0.0201. The molecule has 112 valence electrons. The first-order valence-electron chi connectivity index (χ1n) is 6.65. The minimum Gasteiger partial charge on any atom is -0.484 e. The number of nitriles is 1. The van der Waals surface area contributed by atoms with E-state index in [4.69, 9.17) is 10.00 Å². The smallest absolute Gasteiger partial charge is 0.258 e. The first-order valence-corrected chi connectivity index (χ1v) is 6.65. The molecule has 0 aromatic heterocycles. The van der Waals surface area contributed by atoms with Crippen LogP contribution >= 0.6 is 0 Å². The molecule has 0 aliphatic rings. The third kappa shape index (κ3) is 5.95. The number of ether oxygens (including phenoxy) is 1. The predicted octanol–water partition coefficient (Wildman–Crippen LogP) is 0.966. The van der Waals surface area contributed by atoms with Crippen LogP contribution in [0.25, 0.3) is 0 Å². The first kappa shape index (κ1) is 16.5. The summed E-state index contributed by atoms with van der Waals surface area (Å²) < 4.78 is 5.28. The van der Waals surface area contributed by atoms with E-state index in [0.29, 0.717) is 11.3 Å². The van der Waals surface area contributed by atoms with Crippen LogP contribution in [0.3, 0.4) is 0 Å². The number of rotatable bonds is 6. The molecule has 2 amide bonds. The molecule has 1 rings (SSSR count). The molecule has 2 N–H and O–H groups in total. The molecule has 0 fully saturated rings. The normalized spacial score (nSPS) is 11.4. The number of nitrogens with zero attached hydrogens (tertiary/aromatic N) is 1. The predicted molar refractivity (Wildman–Crippen MR) is 77.5 cm³/mol. The van der Waals surface area contributed by atoms with Gasteiger partial charge in [0.05, 0.1) is 11.6 Å². The fraction of sp³-hybridized carbons (Fsp3) is 0.400. The second-order valence-corrected chi connectivity index (χ2v) is 4.88. The molecule has 6 nitrogen and oxygen atoms in total. The van der Waals surface area contributed by atoms with Crippen molar-refractivity contribution in [3.63, 3.8) is 0 Å². The monoisotopic (exact) mass is 289 g/mol. The zero-order valence-electron chi connectivity index (χ0n) is 12.3. The summed E-state index contributed by atoms with van der Waals surface area (Å²) in [6, 6.07) is 7.82. The molecule has 0 saturated carbocycles. The fourth-order valence-electron chi connectivity index (χ4n) is 1.53. The van der Waals surface area contributed by atoms with Crippen LogP contribution in [0.2, 0.25) is 0 Å². The Labute approximate surface area is 124 Å². The lowest BCUT2D eigenvalue weighted by Crippen LogP contribution is -2.47. The Morgan fingerprint density at radius 1 is 1.19 bits per heavy atom. The fourth-order valence-corrected chi connectivity index (χ4v) is 1.53. The van der Waals surface area contributed by atoms with Gasteiger partial charge in [-0.3, -0.25) is 9.59 Å². The Morgan fingerprint density at radius 3 is 2.33 bits per heavy atom. The number of hydrogen-bond acceptors (Lipinski definition) is 4. The molecule has 0 bridgehead atoms. The van der Waals surface area contributed by atoms with E-state index in [9.17, 15) is 9.59 Å². The van der Waals surface area contributed by atoms with Gasteiger partial charge in [-0.25, -0.2) is 0 Å². The van der Waals surface area contributed by atoms with Gasteiger partial charge in [0.25, 0.3) is 5.91 Å². The van der Waals surface area contributed by atoms with Crippen molar-refractivity contribution >= 4 is 11.8 Å². The Morgan fingerprint density at radius 2 is 1.81 bits per heavy atom. The number of carbonyl (C=O) groups excluding carboxylic acids is 2. The largest absolute Gasteiger partial charge is 0.484 e. The van der Waals surface area contributed by atoms with Gasteiger partial charge in [0, 0.05) is 6.04 Å². The van der Waals surface area contributed by atoms with Crippen molar-refractivity contribution < 1.29 is 14.3 Å². The van der Waals surface area contributed by atoms with E-state index >= 15 is 0 Å². The van der Waals surface area contributed by atoms with Crippen molar-refractivity contribution in [3.8, 4) is 11.8 Å². The molecule has 0 saturated heterocycles. The second-order valence-electron chi connectivity index (χ2n) is 4.88. The number of hydrogen-bond donors (Lipinski definition) is 2. The third-order valence-electron chi connectivity index (χ3n) is 2.56. The lowest BCUT2D eigenvalue weighted by Gasteiger charge is -2.16. The Bertz CT molecular complexity index is 532. The maximum atomic E-state index is 11.7. The van der Waals surface area contributed by atoms with Crippen LogP contribution < -0.4 is 15.4 Å². The third-order valence-corrected chi connectivity index (χ3v) is 2.56. The van der Waals surface area contributed by atoms with Crippen LogP contribution in [-0.2, 0) is 9.59 Å². The van der Waals surface area contributed by atoms with Crippen molar-refractivity contribution in [1.29, 1.82) is 5.26 Å². The average Bonchev–Trinajstić information content (AvgIpc) is 2.44. The zero-order chi connectivity index (χ0) is 15.8. The highest BCUT2D eigenvalue weighted by molar-refractivity contribution is 5.87. The van der Waals surface area contributed by atoms with E-state index in [1.165, 1.54) is 0 Å². The van der Waals surface area contributed by atoms with Gasteiger partial charge in [-0.15, -0.1) is 0 Å². The van der Waals surface area contributed by atoms with Crippen molar-refractivity contribution in [2.24, 2.45) is 0 Å².